The van der Waals surface area contributed by atoms with Crippen molar-refractivity contribution in [3.8, 4) is 22.5 Å². The van der Waals surface area contributed by atoms with Crippen LogP contribution < -0.4 is 0 Å². The van der Waals surface area contributed by atoms with E-state index in [0.29, 0.717) is 0 Å². The molecule has 42 heavy (non-hydrogen) atoms. The number of hydrogen-bond donors (Lipinski definition) is 0. The molecular formula is C38H22N4. The Hall–Kier alpha value is -5.74. The highest BCUT2D eigenvalue weighted by molar-refractivity contribution is 6.10. The Bertz CT molecular complexity index is 2360. The SMILES string of the molecule is c1cnc2c(c1)ccc1ccc(-c3ccc4c(ccc5cc(-c6ccc7ccc8cccnc8c7n6)ccc54)c3)nc12. The van der Waals surface area contributed by atoms with Crippen LogP contribution in [0.5, 0.6) is 0 Å². The lowest BCUT2D eigenvalue weighted by Crippen LogP contribution is -1.90. The van der Waals surface area contributed by atoms with E-state index in [2.05, 4.69) is 119 Å². The molecule has 4 heteroatoms. The summed E-state index contributed by atoms with van der Waals surface area (Å²) < 4.78 is 0. The molecule has 0 bridgehead atoms. The first kappa shape index (κ1) is 23.0. The van der Waals surface area contributed by atoms with Gasteiger partial charge in [-0.25, -0.2) is 9.97 Å². The van der Waals surface area contributed by atoms with Crippen LogP contribution in [0.4, 0.5) is 0 Å². The lowest BCUT2D eigenvalue weighted by molar-refractivity contribution is 1.37. The van der Waals surface area contributed by atoms with E-state index in [1.165, 1.54) is 21.5 Å². The van der Waals surface area contributed by atoms with Crippen molar-refractivity contribution in [2.75, 3.05) is 0 Å². The summed E-state index contributed by atoms with van der Waals surface area (Å²) >= 11 is 0. The second-order valence-corrected chi connectivity index (χ2v) is 10.8. The molecule has 0 aliphatic heterocycles. The maximum Gasteiger partial charge on any atom is 0.0972 e. The summed E-state index contributed by atoms with van der Waals surface area (Å²) in [6.45, 7) is 0. The molecule has 4 aromatic heterocycles. The van der Waals surface area contributed by atoms with Gasteiger partial charge in [0.1, 0.15) is 0 Å². The van der Waals surface area contributed by atoms with Crippen molar-refractivity contribution in [2.45, 2.75) is 0 Å². The molecule has 0 aliphatic carbocycles. The van der Waals surface area contributed by atoms with E-state index in [0.717, 1.165) is 66.1 Å². The molecule has 0 fully saturated rings. The van der Waals surface area contributed by atoms with Crippen LogP contribution in [0.1, 0.15) is 0 Å². The van der Waals surface area contributed by atoms with Crippen LogP contribution in [0.25, 0.3) is 87.7 Å². The minimum atomic E-state index is 0.933. The zero-order valence-electron chi connectivity index (χ0n) is 22.5. The molecule has 9 rings (SSSR count). The standard InChI is InChI=1S/C38H22N4/c1-3-23-5-7-25-13-17-33(41-37(25)35(23)39-19-1)29-11-15-31-27(21-29)9-10-28-22-30(12-16-32(28)31)34-18-14-26-8-6-24-4-2-20-40-36(24)38(26)42-34/h1-22H. The Morgan fingerprint density at radius 1 is 0.333 bits per heavy atom. The topological polar surface area (TPSA) is 51.6 Å². The summed E-state index contributed by atoms with van der Waals surface area (Å²) in [6.07, 6.45) is 3.66. The molecule has 0 unspecified atom stereocenters. The van der Waals surface area contributed by atoms with Crippen LogP contribution in [0.3, 0.4) is 0 Å². The summed E-state index contributed by atoms with van der Waals surface area (Å²) in [5.74, 6) is 0. The van der Waals surface area contributed by atoms with Crippen molar-refractivity contribution in [3.05, 3.63) is 134 Å². The lowest BCUT2D eigenvalue weighted by Gasteiger charge is -2.10. The van der Waals surface area contributed by atoms with Crippen molar-refractivity contribution in [2.24, 2.45) is 0 Å². The fourth-order valence-electron chi connectivity index (χ4n) is 6.16. The maximum absolute atomic E-state index is 5.05. The van der Waals surface area contributed by atoms with Crippen molar-refractivity contribution in [1.82, 2.24) is 19.9 Å². The summed E-state index contributed by atoms with van der Waals surface area (Å²) in [4.78, 5) is 19.3. The van der Waals surface area contributed by atoms with Crippen LogP contribution in [0.2, 0.25) is 0 Å². The molecule has 0 amide bonds. The molecule has 0 N–H and O–H groups in total. The molecule has 0 saturated carbocycles. The average Bonchev–Trinajstić information content (AvgIpc) is 3.07. The molecule has 0 saturated heterocycles. The van der Waals surface area contributed by atoms with Gasteiger partial charge in [0.2, 0.25) is 0 Å². The van der Waals surface area contributed by atoms with E-state index >= 15 is 0 Å². The molecular weight excluding hydrogens is 512 g/mol. The van der Waals surface area contributed by atoms with Crippen LogP contribution >= 0.6 is 0 Å². The third-order valence-electron chi connectivity index (χ3n) is 8.29. The van der Waals surface area contributed by atoms with Gasteiger partial charge in [0.15, 0.2) is 0 Å². The third kappa shape index (κ3) is 3.55. The van der Waals surface area contributed by atoms with Crippen LogP contribution in [-0.2, 0) is 0 Å². The Morgan fingerprint density at radius 2 is 0.738 bits per heavy atom. The number of nitrogens with zero attached hydrogens (tertiary/aromatic N) is 4. The Labute approximate surface area is 241 Å². The zero-order chi connectivity index (χ0) is 27.6. The first-order valence-corrected chi connectivity index (χ1v) is 14.0. The van der Waals surface area contributed by atoms with Crippen molar-refractivity contribution in [3.63, 3.8) is 0 Å². The maximum atomic E-state index is 5.05. The molecule has 4 nitrogen and oxygen atoms in total. The third-order valence-corrected chi connectivity index (χ3v) is 8.29. The fraction of sp³-hybridized carbons (Fsp3) is 0. The van der Waals surface area contributed by atoms with E-state index in [1.807, 2.05) is 24.5 Å². The number of fused-ring (bicyclic) bond motifs is 9. The van der Waals surface area contributed by atoms with Gasteiger partial charge in [-0.1, -0.05) is 84.9 Å². The van der Waals surface area contributed by atoms with Crippen LogP contribution in [0.15, 0.2) is 134 Å². The Morgan fingerprint density at radius 3 is 1.21 bits per heavy atom. The molecule has 0 radical (unpaired) electrons. The van der Waals surface area contributed by atoms with Gasteiger partial charge in [0.05, 0.1) is 33.5 Å². The number of hydrogen-bond acceptors (Lipinski definition) is 4. The van der Waals surface area contributed by atoms with Crippen molar-refractivity contribution >= 4 is 65.2 Å². The molecule has 0 aliphatic rings. The van der Waals surface area contributed by atoms with Gasteiger partial charge in [-0.15, -0.1) is 0 Å². The number of pyridine rings is 4. The molecule has 194 valence electrons. The number of rotatable bonds is 2. The Balaban J connectivity index is 1.14. The van der Waals surface area contributed by atoms with Crippen LogP contribution in [0, 0.1) is 0 Å². The minimum absolute atomic E-state index is 0.933. The second-order valence-electron chi connectivity index (χ2n) is 10.8. The monoisotopic (exact) mass is 534 g/mol. The highest BCUT2D eigenvalue weighted by Crippen LogP contribution is 2.33. The molecule has 0 atom stereocenters. The molecule has 9 aromatic rings. The normalized spacial score (nSPS) is 11.8. The van der Waals surface area contributed by atoms with Crippen molar-refractivity contribution < 1.29 is 0 Å². The predicted octanol–water partition coefficient (Wildman–Crippen LogP) is 9.52. The molecule has 5 aromatic carbocycles. The highest BCUT2D eigenvalue weighted by atomic mass is 14.8. The first-order chi connectivity index (χ1) is 20.8. The van der Waals surface area contributed by atoms with E-state index in [9.17, 15) is 0 Å². The minimum Gasteiger partial charge on any atom is -0.254 e. The largest absolute Gasteiger partial charge is 0.254 e. The van der Waals surface area contributed by atoms with Gasteiger partial charge in [0, 0.05) is 45.1 Å². The van der Waals surface area contributed by atoms with Crippen LogP contribution in [-0.4, -0.2) is 19.9 Å². The summed E-state index contributed by atoms with van der Waals surface area (Å²) in [5.41, 5.74) is 7.81. The summed E-state index contributed by atoms with van der Waals surface area (Å²) in [7, 11) is 0. The lowest BCUT2D eigenvalue weighted by atomic mass is 9.97. The van der Waals surface area contributed by atoms with Gasteiger partial charge < -0.3 is 0 Å². The summed E-state index contributed by atoms with van der Waals surface area (Å²) in [6, 6.07) is 42.6. The first-order valence-electron chi connectivity index (χ1n) is 14.0. The summed E-state index contributed by atoms with van der Waals surface area (Å²) in [5, 5.41) is 9.20. The van der Waals surface area contributed by atoms with Gasteiger partial charge in [-0.2, -0.15) is 0 Å². The zero-order valence-corrected chi connectivity index (χ0v) is 22.5. The van der Waals surface area contributed by atoms with E-state index in [-0.39, 0.29) is 0 Å². The van der Waals surface area contributed by atoms with E-state index < -0.39 is 0 Å². The highest BCUT2D eigenvalue weighted by Gasteiger charge is 2.10. The van der Waals surface area contributed by atoms with E-state index in [4.69, 9.17) is 9.97 Å². The van der Waals surface area contributed by atoms with E-state index in [1.54, 1.807) is 0 Å². The predicted molar refractivity (Wildman–Crippen MR) is 174 cm³/mol. The van der Waals surface area contributed by atoms with Gasteiger partial charge in [0.25, 0.3) is 0 Å². The fourth-order valence-corrected chi connectivity index (χ4v) is 6.16. The number of aromatic nitrogens is 4. The second kappa shape index (κ2) is 8.88. The quantitative estimate of drug-likeness (QED) is 0.207. The van der Waals surface area contributed by atoms with Gasteiger partial charge >= 0.3 is 0 Å². The average molecular weight is 535 g/mol. The molecule has 4 heterocycles. The molecule has 0 spiro atoms. The van der Waals surface area contributed by atoms with Gasteiger partial charge in [-0.05, 0) is 57.9 Å². The number of benzene rings is 5. The van der Waals surface area contributed by atoms with Crippen molar-refractivity contribution in [1.29, 1.82) is 0 Å². The Kier molecular flexibility index (Phi) is 4.87. The van der Waals surface area contributed by atoms with Gasteiger partial charge in [-0.3, -0.25) is 9.97 Å². The smallest absolute Gasteiger partial charge is 0.0972 e.